The monoisotopic (exact) mass is 344 g/mol. The molecule has 1 aliphatic rings. The Morgan fingerprint density at radius 2 is 1.62 bits per heavy atom. The van der Waals surface area contributed by atoms with Crippen molar-refractivity contribution in [3.8, 4) is 11.5 Å². The number of ether oxygens (including phenoxy) is 4. The second-order valence-electron chi connectivity index (χ2n) is 5.45. The molecule has 0 bridgehead atoms. The third-order valence-corrected chi connectivity index (χ3v) is 3.75. The summed E-state index contributed by atoms with van der Waals surface area (Å²) in [5.41, 5.74) is 0. The molecule has 1 heterocycles. The maximum Gasteiger partial charge on any atom is 0.186 e. The maximum atomic E-state index is 9.82. The van der Waals surface area contributed by atoms with Gasteiger partial charge in [0, 0.05) is 6.42 Å². The molecule has 136 valence electrons. The fourth-order valence-electron chi connectivity index (χ4n) is 2.33. The number of aliphatic hydroxyl groups is 4. The zero-order chi connectivity index (χ0) is 17.5. The predicted molar refractivity (Wildman–Crippen MR) is 82.8 cm³/mol. The Morgan fingerprint density at radius 3 is 2.25 bits per heavy atom. The molecular weight excluding hydrogens is 320 g/mol. The fraction of sp³-hybridized carbons (Fsp3) is 0.625. The lowest BCUT2D eigenvalue weighted by Crippen LogP contribution is -2.59. The first-order valence-electron chi connectivity index (χ1n) is 7.75. The van der Waals surface area contributed by atoms with E-state index in [2.05, 4.69) is 0 Å². The number of aliphatic hydroxyl groups excluding tert-OH is 4. The molecule has 0 radical (unpaired) electrons. The highest BCUT2D eigenvalue weighted by molar-refractivity contribution is 5.31. The molecule has 5 atom stereocenters. The minimum Gasteiger partial charge on any atom is -0.497 e. The third kappa shape index (κ3) is 4.79. The van der Waals surface area contributed by atoms with Gasteiger partial charge < -0.3 is 39.4 Å². The minimum absolute atomic E-state index is 0.221. The van der Waals surface area contributed by atoms with Gasteiger partial charge in [0.15, 0.2) is 6.29 Å². The Labute approximate surface area is 140 Å². The van der Waals surface area contributed by atoms with Crippen LogP contribution in [0, 0.1) is 0 Å². The third-order valence-electron chi connectivity index (χ3n) is 3.75. The lowest BCUT2D eigenvalue weighted by molar-refractivity contribution is -0.301. The number of benzene rings is 1. The summed E-state index contributed by atoms with van der Waals surface area (Å²) in [6, 6.07) is 7.16. The van der Waals surface area contributed by atoms with E-state index >= 15 is 0 Å². The van der Waals surface area contributed by atoms with E-state index in [-0.39, 0.29) is 6.61 Å². The highest BCUT2D eigenvalue weighted by Gasteiger charge is 2.43. The van der Waals surface area contributed by atoms with Crippen molar-refractivity contribution in [2.45, 2.75) is 37.1 Å². The van der Waals surface area contributed by atoms with Gasteiger partial charge in [0.2, 0.25) is 0 Å². The summed E-state index contributed by atoms with van der Waals surface area (Å²) in [5.74, 6) is 1.44. The Bertz CT molecular complexity index is 477. The smallest absolute Gasteiger partial charge is 0.186 e. The van der Waals surface area contributed by atoms with E-state index < -0.39 is 37.3 Å². The van der Waals surface area contributed by atoms with Crippen molar-refractivity contribution >= 4 is 0 Å². The fourth-order valence-corrected chi connectivity index (χ4v) is 2.33. The van der Waals surface area contributed by atoms with Crippen LogP contribution in [-0.2, 0) is 9.47 Å². The van der Waals surface area contributed by atoms with Gasteiger partial charge in [0.25, 0.3) is 0 Å². The average Bonchev–Trinajstić information content (AvgIpc) is 2.61. The van der Waals surface area contributed by atoms with Gasteiger partial charge in [0.05, 0.1) is 26.9 Å². The minimum atomic E-state index is -1.43. The molecule has 0 saturated carbocycles. The number of rotatable bonds is 8. The molecule has 2 rings (SSSR count). The normalized spacial score (nSPS) is 30.1. The Morgan fingerprint density at radius 1 is 0.958 bits per heavy atom. The van der Waals surface area contributed by atoms with E-state index in [1.54, 1.807) is 31.4 Å². The second kappa shape index (κ2) is 9.16. The van der Waals surface area contributed by atoms with Crippen LogP contribution in [0.15, 0.2) is 24.3 Å². The molecule has 1 aliphatic heterocycles. The molecule has 1 saturated heterocycles. The Balaban J connectivity index is 1.69. The van der Waals surface area contributed by atoms with Crippen LogP contribution in [0.1, 0.15) is 6.42 Å². The number of hydrogen-bond acceptors (Lipinski definition) is 8. The van der Waals surface area contributed by atoms with Gasteiger partial charge in [0.1, 0.15) is 35.9 Å². The Kier molecular flexibility index (Phi) is 7.22. The van der Waals surface area contributed by atoms with Crippen molar-refractivity contribution in [2.24, 2.45) is 0 Å². The highest BCUT2D eigenvalue weighted by Crippen LogP contribution is 2.22. The van der Waals surface area contributed by atoms with E-state index in [9.17, 15) is 15.3 Å². The maximum absolute atomic E-state index is 9.82. The van der Waals surface area contributed by atoms with Crippen molar-refractivity contribution in [2.75, 3.05) is 26.9 Å². The summed E-state index contributed by atoms with van der Waals surface area (Å²) < 4.78 is 21.2. The first kappa shape index (κ1) is 18.9. The molecule has 1 aromatic rings. The summed E-state index contributed by atoms with van der Waals surface area (Å²) in [5, 5.41) is 38.2. The molecule has 24 heavy (non-hydrogen) atoms. The molecule has 1 fully saturated rings. The molecule has 0 spiro atoms. The molecule has 0 unspecified atom stereocenters. The van der Waals surface area contributed by atoms with Crippen molar-refractivity contribution < 1.29 is 39.4 Å². The van der Waals surface area contributed by atoms with Crippen LogP contribution in [0.3, 0.4) is 0 Å². The van der Waals surface area contributed by atoms with E-state index in [4.69, 9.17) is 24.1 Å². The molecule has 4 N–H and O–H groups in total. The number of methoxy groups -OCH3 is 1. The van der Waals surface area contributed by atoms with Gasteiger partial charge in [-0.1, -0.05) is 0 Å². The summed E-state index contributed by atoms with van der Waals surface area (Å²) in [6.45, 7) is 0.133. The predicted octanol–water partition coefficient (Wildman–Crippen LogP) is -0.719. The summed E-state index contributed by atoms with van der Waals surface area (Å²) >= 11 is 0. The van der Waals surface area contributed by atoms with Crippen LogP contribution < -0.4 is 9.47 Å². The lowest BCUT2D eigenvalue weighted by atomic mass is 9.99. The summed E-state index contributed by atoms with van der Waals surface area (Å²) in [6.07, 6.45) is -5.75. The van der Waals surface area contributed by atoms with Gasteiger partial charge >= 0.3 is 0 Å². The van der Waals surface area contributed by atoms with Crippen molar-refractivity contribution in [3.05, 3.63) is 24.3 Å². The largest absolute Gasteiger partial charge is 0.497 e. The molecule has 8 nitrogen and oxygen atoms in total. The van der Waals surface area contributed by atoms with Gasteiger partial charge in [-0.05, 0) is 24.3 Å². The van der Waals surface area contributed by atoms with Gasteiger partial charge in [-0.2, -0.15) is 0 Å². The van der Waals surface area contributed by atoms with E-state index in [1.165, 1.54) is 0 Å². The average molecular weight is 344 g/mol. The topological polar surface area (TPSA) is 118 Å². The van der Waals surface area contributed by atoms with Crippen LogP contribution in [-0.4, -0.2) is 78.1 Å². The molecular formula is C16H24O8. The van der Waals surface area contributed by atoms with Crippen molar-refractivity contribution in [3.63, 3.8) is 0 Å². The standard InChI is InChI=1S/C16H24O8/c1-21-10-3-5-11(6-4-10)22-7-2-8-23-16-15(20)14(19)13(18)12(9-17)24-16/h3-6,12-20H,2,7-9H2,1H3/t12-,13-,14+,15-,16-/m1/s1. The molecule has 0 aromatic heterocycles. The van der Waals surface area contributed by atoms with Gasteiger partial charge in [-0.3, -0.25) is 0 Å². The zero-order valence-electron chi connectivity index (χ0n) is 13.4. The van der Waals surface area contributed by atoms with Crippen molar-refractivity contribution in [1.29, 1.82) is 0 Å². The van der Waals surface area contributed by atoms with Crippen LogP contribution in [0.4, 0.5) is 0 Å². The van der Waals surface area contributed by atoms with Crippen LogP contribution >= 0.6 is 0 Å². The lowest BCUT2D eigenvalue weighted by Gasteiger charge is -2.39. The van der Waals surface area contributed by atoms with E-state index in [0.717, 1.165) is 5.75 Å². The van der Waals surface area contributed by atoms with E-state index in [1.807, 2.05) is 0 Å². The van der Waals surface area contributed by atoms with Crippen LogP contribution in [0.25, 0.3) is 0 Å². The molecule has 0 amide bonds. The second-order valence-corrected chi connectivity index (χ2v) is 5.45. The SMILES string of the molecule is COc1ccc(OCCCO[C@@H]2O[C@H](CO)[C@@H](O)[C@H](O)[C@H]2O)cc1. The quantitative estimate of drug-likeness (QED) is 0.457. The van der Waals surface area contributed by atoms with Gasteiger partial charge in [-0.15, -0.1) is 0 Å². The first-order valence-corrected chi connectivity index (χ1v) is 7.75. The van der Waals surface area contributed by atoms with Crippen molar-refractivity contribution in [1.82, 2.24) is 0 Å². The zero-order valence-corrected chi connectivity index (χ0v) is 13.4. The summed E-state index contributed by atoms with van der Waals surface area (Å²) in [4.78, 5) is 0. The summed E-state index contributed by atoms with van der Waals surface area (Å²) in [7, 11) is 1.59. The Hall–Kier alpha value is -1.42. The molecule has 8 heteroatoms. The van der Waals surface area contributed by atoms with Crippen LogP contribution in [0.5, 0.6) is 11.5 Å². The van der Waals surface area contributed by atoms with Gasteiger partial charge in [-0.25, -0.2) is 0 Å². The van der Waals surface area contributed by atoms with Crippen LogP contribution in [0.2, 0.25) is 0 Å². The first-order chi connectivity index (χ1) is 11.6. The van der Waals surface area contributed by atoms with E-state index in [0.29, 0.717) is 18.8 Å². The number of hydrogen-bond donors (Lipinski definition) is 4. The highest BCUT2D eigenvalue weighted by atomic mass is 16.7. The molecule has 1 aromatic carbocycles. The molecule has 0 aliphatic carbocycles.